The SMILES string of the molecule is CC(C)(CN1CCN(c2noc3ccccc23)CC1)C(=O)NS(=O)[O-]. The molecule has 0 spiro atoms. The van der Waals surface area contributed by atoms with Gasteiger partial charge in [0.2, 0.25) is 5.91 Å². The number of aromatic nitrogens is 1. The van der Waals surface area contributed by atoms with E-state index in [1.807, 2.05) is 29.0 Å². The summed E-state index contributed by atoms with van der Waals surface area (Å²) in [5, 5.41) is 5.17. The predicted octanol–water partition coefficient (Wildman–Crippen LogP) is 0.886. The Morgan fingerprint density at radius 1 is 1.32 bits per heavy atom. The molecule has 25 heavy (non-hydrogen) atoms. The third-order valence-electron chi connectivity index (χ3n) is 4.44. The first-order chi connectivity index (χ1) is 11.9. The summed E-state index contributed by atoms with van der Waals surface area (Å²) < 4.78 is 28.6. The molecule has 1 amide bonds. The van der Waals surface area contributed by atoms with E-state index in [-0.39, 0.29) is 0 Å². The van der Waals surface area contributed by atoms with Crippen LogP contribution in [0.3, 0.4) is 0 Å². The van der Waals surface area contributed by atoms with Gasteiger partial charge in [0, 0.05) is 44.0 Å². The lowest BCUT2D eigenvalue weighted by molar-refractivity contribution is -0.128. The molecule has 1 saturated heterocycles. The fourth-order valence-corrected chi connectivity index (χ4v) is 3.49. The quantitative estimate of drug-likeness (QED) is 0.785. The Morgan fingerprint density at radius 3 is 2.68 bits per heavy atom. The van der Waals surface area contributed by atoms with Gasteiger partial charge >= 0.3 is 0 Å². The number of para-hydroxylation sites is 1. The maximum absolute atomic E-state index is 12.0. The molecule has 2 aromatic rings. The van der Waals surface area contributed by atoms with Gasteiger partial charge in [0.15, 0.2) is 11.4 Å². The molecule has 0 saturated carbocycles. The molecular weight excluding hydrogens is 344 g/mol. The van der Waals surface area contributed by atoms with Crippen LogP contribution in [-0.4, -0.2) is 57.4 Å². The number of carbonyl (C=O) groups is 1. The third kappa shape index (κ3) is 4.00. The number of hydrogen-bond acceptors (Lipinski definition) is 7. The van der Waals surface area contributed by atoms with E-state index in [1.165, 1.54) is 0 Å². The van der Waals surface area contributed by atoms with E-state index in [4.69, 9.17) is 4.52 Å². The molecule has 0 aliphatic carbocycles. The molecule has 1 fully saturated rings. The van der Waals surface area contributed by atoms with Gasteiger partial charge in [0.05, 0.1) is 10.8 Å². The number of rotatable bonds is 5. The van der Waals surface area contributed by atoms with Crippen LogP contribution >= 0.6 is 0 Å². The van der Waals surface area contributed by atoms with Crippen LogP contribution in [0.25, 0.3) is 11.0 Å². The van der Waals surface area contributed by atoms with E-state index in [0.29, 0.717) is 6.54 Å². The van der Waals surface area contributed by atoms with Crippen molar-refractivity contribution in [3.05, 3.63) is 24.3 Å². The molecule has 8 nitrogen and oxygen atoms in total. The normalized spacial score (nSPS) is 17.6. The number of benzene rings is 1. The van der Waals surface area contributed by atoms with E-state index in [0.717, 1.165) is 43.0 Å². The second kappa shape index (κ2) is 7.11. The van der Waals surface area contributed by atoms with Gasteiger partial charge in [-0.05, 0) is 26.0 Å². The molecule has 1 unspecified atom stereocenters. The molecular formula is C16H21N4O4S-. The first kappa shape index (κ1) is 17.8. The lowest BCUT2D eigenvalue weighted by atomic mass is 9.91. The van der Waals surface area contributed by atoms with Crippen molar-refractivity contribution in [2.45, 2.75) is 13.8 Å². The average Bonchev–Trinajstić information content (AvgIpc) is 2.99. The summed E-state index contributed by atoms with van der Waals surface area (Å²) >= 11 is -2.58. The van der Waals surface area contributed by atoms with Gasteiger partial charge in [-0.25, -0.2) is 0 Å². The van der Waals surface area contributed by atoms with E-state index < -0.39 is 22.6 Å². The topological polar surface area (TPSA) is 102 Å². The molecule has 1 aromatic carbocycles. The zero-order valence-electron chi connectivity index (χ0n) is 14.2. The summed E-state index contributed by atoms with van der Waals surface area (Å²) in [5.74, 6) is 0.347. The van der Waals surface area contributed by atoms with Crippen LogP contribution in [0.4, 0.5) is 5.82 Å². The molecule has 2 heterocycles. The second-order valence-electron chi connectivity index (χ2n) is 6.82. The Labute approximate surface area is 148 Å². The Morgan fingerprint density at radius 2 is 2.00 bits per heavy atom. The standard InChI is InChI=1S/C16H22N4O4S/c1-16(2,15(21)18-25(22)23)11-19-7-9-20(10-8-19)14-12-5-3-4-6-13(12)24-17-14/h3-6H,7-11H2,1-2H3,(H,18,21)(H,22,23)/p-1. The Balaban J connectivity index is 1.60. The second-order valence-corrected chi connectivity index (χ2v) is 7.49. The minimum Gasteiger partial charge on any atom is -0.755 e. The summed E-state index contributed by atoms with van der Waals surface area (Å²) in [4.78, 5) is 16.3. The zero-order valence-corrected chi connectivity index (χ0v) is 15.0. The highest BCUT2D eigenvalue weighted by atomic mass is 32.2. The summed E-state index contributed by atoms with van der Waals surface area (Å²) in [5.41, 5.74) is -0.0219. The van der Waals surface area contributed by atoms with E-state index in [1.54, 1.807) is 13.8 Å². The first-order valence-electron chi connectivity index (χ1n) is 8.09. The number of hydrogen-bond donors (Lipinski definition) is 1. The molecule has 1 aliphatic rings. The van der Waals surface area contributed by atoms with Crippen LogP contribution in [0, 0.1) is 5.41 Å². The van der Waals surface area contributed by atoms with Crippen LogP contribution in [-0.2, 0) is 16.1 Å². The maximum Gasteiger partial charge on any atom is 0.237 e. The van der Waals surface area contributed by atoms with Crippen molar-refractivity contribution in [2.24, 2.45) is 5.41 Å². The van der Waals surface area contributed by atoms with Crippen LogP contribution in [0.15, 0.2) is 28.8 Å². The fourth-order valence-electron chi connectivity index (χ4n) is 3.06. The number of anilines is 1. The van der Waals surface area contributed by atoms with E-state index in [2.05, 4.69) is 15.0 Å². The van der Waals surface area contributed by atoms with Crippen LogP contribution in [0.1, 0.15) is 13.8 Å². The minimum absolute atomic E-state index is 0.490. The molecule has 136 valence electrons. The molecule has 0 bridgehead atoms. The van der Waals surface area contributed by atoms with E-state index >= 15 is 0 Å². The van der Waals surface area contributed by atoms with Gasteiger partial charge in [0.25, 0.3) is 0 Å². The minimum atomic E-state index is -2.58. The number of amides is 1. The Bertz CT molecular complexity index is 783. The first-order valence-corrected chi connectivity index (χ1v) is 9.16. The summed E-state index contributed by atoms with van der Waals surface area (Å²) in [6.45, 7) is 7.03. The monoisotopic (exact) mass is 365 g/mol. The highest BCUT2D eigenvalue weighted by Gasteiger charge is 2.32. The lowest BCUT2D eigenvalue weighted by Crippen LogP contribution is -2.52. The predicted molar refractivity (Wildman–Crippen MR) is 93.5 cm³/mol. The molecule has 3 rings (SSSR count). The number of piperazine rings is 1. The molecule has 1 aromatic heterocycles. The third-order valence-corrected chi connectivity index (χ3v) is 4.79. The van der Waals surface area contributed by atoms with Crippen molar-refractivity contribution in [1.29, 1.82) is 0 Å². The maximum atomic E-state index is 12.0. The summed E-state index contributed by atoms with van der Waals surface area (Å²) in [6.07, 6.45) is 0. The Kier molecular flexibility index (Phi) is 5.07. The van der Waals surface area contributed by atoms with Gasteiger partial charge in [-0.3, -0.25) is 18.6 Å². The van der Waals surface area contributed by atoms with E-state index in [9.17, 15) is 13.6 Å². The average molecular weight is 365 g/mol. The van der Waals surface area contributed by atoms with Crippen molar-refractivity contribution in [3.63, 3.8) is 0 Å². The number of carbonyl (C=O) groups excluding carboxylic acids is 1. The smallest absolute Gasteiger partial charge is 0.237 e. The Hall–Kier alpha value is -1.97. The van der Waals surface area contributed by atoms with Crippen molar-refractivity contribution in [3.8, 4) is 0 Å². The zero-order chi connectivity index (χ0) is 18.0. The molecule has 9 heteroatoms. The fraction of sp³-hybridized carbons (Fsp3) is 0.500. The van der Waals surface area contributed by atoms with Crippen molar-refractivity contribution >= 4 is 34.0 Å². The van der Waals surface area contributed by atoms with Gasteiger partial charge < -0.3 is 14.0 Å². The largest absolute Gasteiger partial charge is 0.755 e. The number of nitrogens with one attached hydrogen (secondary N) is 1. The molecule has 1 aliphatic heterocycles. The van der Waals surface area contributed by atoms with Gasteiger partial charge in [0.1, 0.15) is 0 Å². The van der Waals surface area contributed by atoms with Crippen molar-refractivity contribution in [2.75, 3.05) is 37.6 Å². The van der Waals surface area contributed by atoms with Gasteiger partial charge in [-0.2, -0.15) is 0 Å². The number of nitrogens with zero attached hydrogens (tertiary/aromatic N) is 3. The molecule has 1 atom stereocenters. The highest BCUT2D eigenvalue weighted by molar-refractivity contribution is 7.77. The molecule has 1 N–H and O–H groups in total. The molecule has 0 radical (unpaired) electrons. The van der Waals surface area contributed by atoms with Crippen LogP contribution in [0.2, 0.25) is 0 Å². The number of fused-ring (bicyclic) bond motifs is 1. The van der Waals surface area contributed by atoms with Gasteiger partial charge in [-0.15, -0.1) is 0 Å². The van der Waals surface area contributed by atoms with Crippen LogP contribution in [0.5, 0.6) is 0 Å². The van der Waals surface area contributed by atoms with Crippen LogP contribution < -0.4 is 9.62 Å². The van der Waals surface area contributed by atoms with Crippen molar-refractivity contribution in [1.82, 2.24) is 14.8 Å². The van der Waals surface area contributed by atoms with Gasteiger partial charge in [-0.1, -0.05) is 17.3 Å². The summed E-state index contributed by atoms with van der Waals surface area (Å²) in [6, 6.07) is 7.75. The van der Waals surface area contributed by atoms with Crippen molar-refractivity contribution < 1.29 is 18.1 Å². The lowest BCUT2D eigenvalue weighted by Gasteiger charge is -2.38. The summed E-state index contributed by atoms with van der Waals surface area (Å²) in [7, 11) is 0. The highest BCUT2D eigenvalue weighted by Crippen LogP contribution is 2.27.